The van der Waals surface area contributed by atoms with Crippen molar-refractivity contribution in [3.63, 3.8) is 0 Å². The van der Waals surface area contributed by atoms with E-state index in [1.54, 1.807) is 37.3 Å². The van der Waals surface area contributed by atoms with Gasteiger partial charge in [-0.3, -0.25) is 19.2 Å². The minimum atomic E-state index is -0.422. The number of hydrogen-bond donors (Lipinski definition) is 2. The molecule has 1 aliphatic heterocycles. The van der Waals surface area contributed by atoms with Crippen molar-refractivity contribution in [2.45, 2.75) is 45.6 Å². The van der Waals surface area contributed by atoms with Crippen molar-refractivity contribution < 1.29 is 28.4 Å². The molecule has 1 aromatic heterocycles. The Kier molecular flexibility index (Phi) is 8.31. The van der Waals surface area contributed by atoms with E-state index in [9.17, 15) is 19.2 Å². The number of amides is 3. The van der Waals surface area contributed by atoms with E-state index in [1.807, 2.05) is 0 Å². The molecule has 3 rings (SSSR count). The lowest BCUT2D eigenvalue weighted by atomic mass is 10.1. The Hall–Kier alpha value is -3.53. The molecule has 0 radical (unpaired) electrons. The number of Topliss-reactive ketones (excluding diaryl/α,β-unsaturated/α-hetero) is 1. The Balaban J connectivity index is 1.65. The SMILES string of the molecule is CC(=O)c1cccc(N(CC(=O)NC[C@H]2CCCO2)C(=O)CCC(=O)Nc2cc(C)on2)c1. The van der Waals surface area contributed by atoms with Gasteiger partial charge in [0.05, 0.1) is 6.10 Å². The molecular formula is C23H28N4O6. The van der Waals surface area contributed by atoms with Gasteiger partial charge >= 0.3 is 0 Å². The highest BCUT2D eigenvalue weighted by Crippen LogP contribution is 2.19. The summed E-state index contributed by atoms with van der Waals surface area (Å²) in [5, 5.41) is 9.04. The number of anilines is 2. The van der Waals surface area contributed by atoms with Gasteiger partial charge in [0.1, 0.15) is 12.3 Å². The third-order valence-corrected chi connectivity index (χ3v) is 5.18. The fraction of sp³-hybridized carbons (Fsp3) is 0.435. The summed E-state index contributed by atoms with van der Waals surface area (Å²) in [6, 6.07) is 8.06. The number of carbonyl (C=O) groups excluding carboxylic acids is 4. The Labute approximate surface area is 191 Å². The monoisotopic (exact) mass is 456 g/mol. The van der Waals surface area contributed by atoms with E-state index < -0.39 is 11.8 Å². The van der Waals surface area contributed by atoms with E-state index >= 15 is 0 Å². The number of hydrogen-bond acceptors (Lipinski definition) is 7. The number of ether oxygens (including phenoxy) is 1. The van der Waals surface area contributed by atoms with Crippen molar-refractivity contribution in [1.29, 1.82) is 0 Å². The van der Waals surface area contributed by atoms with Crippen LogP contribution in [-0.2, 0) is 19.1 Å². The topological polar surface area (TPSA) is 131 Å². The maximum atomic E-state index is 13.0. The standard InChI is InChI=1S/C23H28N4O6/c1-15-11-20(26-33-15)25-21(29)8-9-23(31)27(18-6-3-5-17(12-18)16(2)28)14-22(30)24-13-19-7-4-10-32-19/h3,5-6,11-12,19H,4,7-10,13-14H2,1-2H3,(H,24,30)(H,25,26,29)/t19-/m1/s1. The largest absolute Gasteiger partial charge is 0.376 e. The van der Waals surface area contributed by atoms with Gasteiger partial charge in [-0.05, 0) is 38.8 Å². The van der Waals surface area contributed by atoms with Crippen molar-refractivity contribution in [2.24, 2.45) is 0 Å². The van der Waals surface area contributed by atoms with Crippen LogP contribution in [0, 0.1) is 6.92 Å². The minimum absolute atomic E-state index is 0.0250. The van der Waals surface area contributed by atoms with E-state index in [1.165, 1.54) is 11.8 Å². The van der Waals surface area contributed by atoms with Gasteiger partial charge in [-0.15, -0.1) is 0 Å². The lowest BCUT2D eigenvalue weighted by molar-refractivity contribution is -0.125. The van der Waals surface area contributed by atoms with E-state index in [4.69, 9.17) is 9.26 Å². The van der Waals surface area contributed by atoms with Crippen LogP contribution < -0.4 is 15.5 Å². The van der Waals surface area contributed by atoms with Gasteiger partial charge in [0.25, 0.3) is 0 Å². The van der Waals surface area contributed by atoms with Crippen molar-refractivity contribution in [3.8, 4) is 0 Å². The maximum Gasteiger partial charge on any atom is 0.240 e. The summed E-state index contributed by atoms with van der Waals surface area (Å²) >= 11 is 0. The van der Waals surface area contributed by atoms with Gasteiger partial charge in [-0.1, -0.05) is 17.3 Å². The second-order valence-electron chi connectivity index (χ2n) is 7.90. The number of carbonyl (C=O) groups is 4. The number of nitrogens with zero attached hydrogens (tertiary/aromatic N) is 2. The Morgan fingerprint density at radius 1 is 1.15 bits per heavy atom. The summed E-state index contributed by atoms with van der Waals surface area (Å²) < 4.78 is 10.4. The second kappa shape index (κ2) is 11.4. The second-order valence-corrected chi connectivity index (χ2v) is 7.90. The molecule has 176 valence electrons. The van der Waals surface area contributed by atoms with Crippen LogP contribution in [0.4, 0.5) is 11.5 Å². The van der Waals surface area contributed by atoms with Crippen LogP contribution >= 0.6 is 0 Å². The zero-order valence-electron chi connectivity index (χ0n) is 18.8. The average molecular weight is 456 g/mol. The highest BCUT2D eigenvalue weighted by atomic mass is 16.5. The first-order valence-corrected chi connectivity index (χ1v) is 10.8. The predicted molar refractivity (Wildman–Crippen MR) is 120 cm³/mol. The van der Waals surface area contributed by atoms with Crippen LogP contribution in [0.1, 0.15) is 48.7 Å². The molecular weight excluding hydrogens is 428 g/mol. The van der Waals surface area contributed by atoms with E-state index in [2.05, 4.69) is 15.8 Å². The molecule has 0 aliphatic carbocycles. The van der Waals surface area contributed by atoms with E-state index in [0.717, 1.165) is 12.8 Å². The number of benzene rings is 1. The van der Waals surface area contributed by atoms with Crippen LogP contribution in [0.5, 0.6) is 0 Å². The summed E-state index contributed by atoms with van der Waals surface area (Å²) in [6.45, 7) is 3.93. The first-order valence-electron chi connectivity index (χ1n) is 10.8. The molecule has 10 heteroatoms. The van der Waals surface area contributed by atoms with Crippen molar-refractivity contribution in [1.82, 2.24) is 10.5 Å². The first-order chi connectivity index (χ1) is 15.8. The molecule has 0 unspecified atom stereocenters. The number of aromatic nitrogens is 1. The summed E-state index contributed by atoms with van der Waals surface area (Å²) in [4.78, 5) is 50.8. The summed E-state index contributed by atoms with van der Waals surface area (Å²) in [5.41, 5.74) is 0.830. The van der Waals surface area contributed by atoms with Gasteiger partial charge in [0.15, 0.2) is 11.6 Å². The molecule has 3 amide bonds. The Bertz CT molecular complexity index is 1010. The summed E-state index contributed by atoms with van der Waals surface area (Å²) in [7, 11) is 0. The molecule has 2 N–H and O–H groups in total. The quantitative estimate of drug-likeness (QED) is 0.524. The van der Waals surface area contributed by atoms with E-state index in [-0.39, 0.29) is 43.0 Å². The molecule has 1 atom stereocenters. The van der Waals surface area contributed by atoms with E-state index in [0.29, 0.717) is 30.2 Å². The van der Waals surface area contributed by atoms with Crippen LogP contribution in [0.15, 0.2) is 34.9 Å². The first kappa shape index (κ1) is 24.1. The molecule has 0 spiro atoms. The zero-order valence-corrected chi connectivity index (χ0v) is 18.8. The molecule has 10 nitrogen and oxygen atoms in total. The van der Waals surface area contributed by atoms with Crippen LogP contribution in [0.3, 0.4) is 0 Å². The number of rotatable bonds is 10. The minimum Gasteiger partial charge on any atom is -0.376 e. The predicted octanol–water partition coefficient (Wildman–Crippen LogP) is 2.23. The van der Waals surface area contributed by atoms with Crippen LogP contribution in [-0.4, -0.2) is 54.5 Å². The maximum absolute atomic E-state index is 13.0. The third-order valence-electron chi connectivity index (χ3n) is 5.18. The lowest BCUT2D eigenvalue weighted by Crippen LogP contribution is -2.43. The lowest BCUT2D eigenvalue weighted by Gasteiger charge is -2.23. The molecule has 1 aromatic carbocycles. The van der Waals surface area contributed by atoms with Crippen LogP contribution in [0.2, 0.25) is 0 Å². The fourth-order valence-corrected chi connectivity index (χ4v) is 3.43. The van der Waals surface area contributed by atoms with Gasteiger partial charge in [0.2, 0.25) is 17.7 Å². The Morgan fingerprint density at radius 2 is 1.97 bits per heavy atom. The van der Waals surface area contributed by atoms with Gasteiger partial charge < -0.3 is 24.8 Å². The van der Waals surface area contributed by atoms with Gasteiger partial charge in [-0.25, -0.2) is 0 Å². The summed E-state index contributed by atoms with van der Waals surface area (Å²) in [5.74, 6) is -0.522. The molecule has 0 bridgehead atoms. The fourth-order valence-electron chi connectivity index (χ4n) is 3.43. The summed E-state index contributed by atoms with van der Waals surface area (Å²) in [6.07, 6.45) is 1.57. The molecule has 1 fully saturated rings. The van der Waals surface area contributed by atoms with Crippen molar-refractivity contribution in [2.75, 3.05) is 29.9 Å². The van der Waals surface area contributed by atoms with Gasteiger partial charge in [0, 0.05) is 43.3 Å². The molecule has 2 aromatic rings. The van der Waals surface area contributed by atoms with Gasteiger partial charge in [-0.2, -0.15) is 0 Å². The normalized spacial score (nSPS) is 15.2. The molecule has 1 aliphatic rings. The average Bonchev–Trinajstić information content (AvgIpc) is 3.46. The highest BCUT2D eigenvalue weighted by molar-refractivity contribution is 6.02. The molecule has 1 saturated heterocycles. The third kappa shape index (κ3) is 7.25. The molecule has 0 saturated carbocycles. The van der Waals surface area contributed by atoms with Crippen LogP contribution in [0.25, 0.3) is 0 Å². The number of aryl methyl sites for hydroxylation is 1. The molecule has 2 heterocycles. The van der Waals surface area contributed by atoms with Crippen molar-refractivity contribution in [3.05, 3.63) is 41.7 Å². The number of ketones is 1. The van der Waals surface area contributed by atoms with Crippen molar-refractivity contribution >= 4 is 35.0 Å². The zero-order chi connectivity index (χ0) is 23.8. The smallest absolute Gasteiger partial charge is 0.240 e. The number of nitrogens with one attached hydrogen (secondary N) is 2. The Morgan fingerprint density at radius 3 is 2.64 bits per heavy atom. The molecule has 33 heavy (non-hydrogen) atoms. The highest BCUT2D eigenvalue weighted by Gasteiger charge is 2.22.